The maximum atomic E-state index is 9.46. The van der Waals surface area contributed by atoms with Gasteiger partial charge in [0, 0.05) is 18.6 Å². The van der Waals surface area contributed by atoms with Gasteiger partial charge in [0.25, 0.3) is 0 Å². The first-order chi connectivity index (χ1) is 34.4. The molecule has 0 aliphatic carbocycles. The maximum absolute atomic E-state index is 9.46. The van der Waals surface area contributed by atoms with Crippen molar-refractivity contribution < 1.29 is 20.1 Å². The van der Waals surface area contributed by atoms with Gasteiger partial charge in [-0.2, -0.15) is 11.3 Å². The third kappa shape index (κ3) is 11.1. The molecule has 0 unspecified atom stereocenters. The molecule has 7 aromatic carbocycles. The monoisotopic (exact) mass is 1090 g/mol. The van der Waals surface area contributed by atoms with Gasteiger partial charge in [0.05, 0.1) is 12.6 Å². The molecule has 10 aromatic rings. The summed E-state index contributed by atoms with van der Waals surface area (Å²) >= 11 is 0. The number of aryl methyl sites for hydroxylation is 6. The van der Waals surface area contributed by atoms with Crippen LogP contribution in [0.4, 0.5) is 5.69 Å². The Kier molecular flexibility index (Phi) is 14.7. The number of pyridine rings is 3. The van der Waals surface area contributed by atoms with Crippen molar-refractivity contribution in [1.29, 1.82) is 5.26 Å². The van der Waals surface area contributed by atoms with Crippen LogP contribution in [-0.4, -0.2) is 15.0 Å². The van der Waals surface area contributed by atoms with E-state index < -0.39 is 0 Å². The largest absolute Gasteiger partial charge is 3.00 e. The minimum atomic E-state index is 0. The fraction of sp³-hybridized carbons (Fsp3) is 0.0923. The average Bonchev–Trinajstić information content (AvgIpc) is 3.42. The Morgan fingerprint density at radius 1 is 0.465 bits per heavy atom. The third-order valence-corrected chi connectivity index (χ3v) is 13.0. The zero-order valence-electron chi connectivity index (χ0n) is 39.4. The molecule has 340 valence electrons. The van der Waals surface area contributed by atoms with Gasteiger partial charge in [-0.25, -0.2) is 0 Å². The van der Waals surface area contributed by atoms with Gasteiger partial charge in [0.2, 0.25) is 0 Å². The molecule has 0 radical (unpaired) electrons. The van der Waals surface area contributed by atoms with Crippen molar-refractivity contribution in [2.24, 2.45) is 0 Å². The van der Waals surface area contributed by atoms with Crippen LogP contribution in [0, 0.1) is 49.9 Å². The molecule has 0 spiro atoms. The number of rotatable bonds is 13. The Hall–Kier alpha value is -8.38. The summed E-state index contributed by atoms with van der Waals surface area (Å²) in [5, 5.41) is 9.46. The van der Waals surface area contributed by atoms with Crippen LogP contribution in [-0.2, 0) is 45.8 Å². The number of nitriles is 1. The second kappa shape index (κ2) is 21.9. The number of benzene rings is 7. The van der Waals surface area contributed by atoms with E-state index in [9.17, 15) is 5.26 Å². The fourth-order valence-corrected chi connectivity index (χ4v) is 9.09. The first-order valence-electron chi connectivity index (χ1n) is 23.5. The van der Waals surface area contributed by atoms with Crippen LogP contribution < -0.4 is 0 Å². The number of aromatic nitrogens is 3. The Morgan fingerprint density at radius 2 is 0.986 bits per heavy atom. The Labute approximate surface area is 430 Å². The van der Waals surface area contributed by atoms with Gasteiger partial charge in [0.1, 0.15) is 5.69 Å². The molecule has 0 amide bonds. The summed E-state index contributed by atoms with van der Waals surface area (Å²) in [6, 6.07) is 72.4. The molecule has 0 bridgehead atoms. The zero-order valence-corrected chi connectivity index (χ0v) is 41.8. The SMILES string of the molecule is [C-]#[N+]c1cc[c-]c(-c2cc(C)c(CCc3cc(CCc4cnc(-c5[c-]ccc(C#N)c5)cc4C)cc(-c4ccccc4-c4ccc(-c5[c-]ccc(-c6ccc(-c7ccccc7)cc6)c5)nc4)c3)cn2)c1.[Ir+3]. The zero-order chi connectivity index (χ0) is 47.8. The summed E-state index contributed by atoms with van der Waals surface area (Å²) in [7, 11) is 0. The molecule has 0 aliphatic rings. The van der Waals surface area contributed by atoms with Crippen molar-refractivity contribution in [3.05, 3.63) is 263 Å². The summed E-state index contributed by atoms with van der Waals surface area (Å²) in [4.78, 5) is 18.3. The van der Waals surface area contributed by atoms with Crippen LogP contribution in [0.1, 0.15) is 38.9 Å². The van der Waals surface area contributed by atoms with E-state index in [1.54, 1.807) is 24.3 Å². The topological polar surface area (TPSA) is 66.8 Å². The van der Waals surface area contributed by atoms with Crippen LogP contribution in [0.2, 0.25) is 0 Å². The molecule has 0 atom stereocenters. The van der Waals surface area contributed by atoms with Gasteiger partial charge >= 0.3 is 20.1 Å². The van der Waals surface area contributed by atoms with Crippen molar-refractivity contribution in [1.82, 2.24) is 15.0 Å². The maximum Gasteiger partial charge on any atom is 3.00 e. The standard InChI is InChI=1S/C65H46N5.Ir/c1-44-32-64(53-16-9-12-48(37-53)40-66)69-41-56(44)24-22-46-34-47(23-25-57-42-70-65(33-45(57)2)55-18-11-19-60(39-55)67-3)36-59(35-46)62-21-8-7-20-61(62)58-30-31-63(68-43-58)54-17-10-15-52(38-54)51-28-26-50(27-29-51)49-13-5-4-6-14-49;/h4-15,19-21,26-39,41-43H,22-25H2,1-2H3;/q-3;+3. The molecule has 3 aromatic heterocycles. The summed E-state index contributed by atoms with van der Waals surface area (Å²) in [6.45, 7) is 11.7. The minimum Gasteiger partial charge on any atom is -0.304 e. The van der Waals surface area contributed by atoms with E-state index in [4.69, 9.17) is 21.5 Å². The molecular formula is C65H46IrN5. The van der Waals surface area contributed by atoms with E-state index in [-0.39, 0.29) is 20.1 Å². The number of hydrogen-bond donors (Lipinski definition) is 0. The smallest absolute Gasteiger partial charge is 0.304 e. The predicted octanol–water partition coefficient (Wildman–Crippen LogP) is 15.5. The number of nitrogens with zero attached hydrogens (tertiary/aromatic N) is 5. The van der Waals surface area contributed by atoms with Crippen LogP contribution in [0.15, 0.2) is 195 Å². The van der Waals surface area contributed by atoms with Crippen molar-refractivity contribution in [2.75, 3.05) is 0 Å². The van der Waals surface area contributed by atoms with Crippen LogP contribution in [0.5, 0.6) is 0 Å². The Bertz CT molecular complexity index is 3460. The fourth-order valence-electron chi connectivity index (χ4n) is 9.09. The van der Waals surface area contributed by atoms with Crippen LogP contribution >= 0.6 is 0 Å². The molecule has 3 heterocycles. The second-order valence-electron chi connectivity index (χ2n) is 17.6. The average molecular weight is 1090 g/mol. The summed E-state index contributed by atoms with van der Waals surface area (Å²) in [6.07, 6.45) is 9.25. The van der Waals surface area contributed by atoms with Gasteiger partial charge in [-0.15, -0.1) is 89.0 Å². The van der Waals surface area contributed by atoms with E-state index in [1.807, 2.05) is 42.9 Å². The van der Waals surface area contributed by atoms with Crippen LogP contribution in [0.3, 0.4) is 0 Å². The molecule has 0 saturated carbocycles. The molecule has 0 fully saturated rings. The van der Waals surface area contributed by atoms with Crippen molar-refractivity contribution >= 4 is 5.69 Å². The van der Waals surface area contributed by atoms with E-state index in [0.29, 0.717) is 11.3 Å². The first kappa shape index (κ1) is 47.7. The Morgan fingerprint density at radius 3 is 1.58 bits per heavy atom. The van der Waals surface area contributed by atoms with Gasteiger partial charge in [-0.1, -0.05) is 132 Å². The van der Waals surface area contributed by atoms with E-state index in [0.717, 1.165) is 104 Å². The minimum absolute atomic E-state index is 0. The van der Waals surface area contributed by atoms with E-state index in [1.165, 1.54) is 33.4 Å². The molecule has 0 N–H and O–H groups in total. The second-order valence-corrected chi connectivity index (χ2v) is 17.6. The molecule has 0 aliphatic heterocycles. The predicted molar refractivity (Wildman–Crippen MR) is 283 cm³/mol. The van der Waals surface area contributed by atoms with Gasteiger partial charge in [0.15, 0.2) is 0 Å². The number of hydrogen-bond acceptors (Lipinski definition) is 4. The summed E-state index contributed by atoms with van der Waals surface area (Å²) in [5.74, 6) is 0. The molecule has 10 rings (SSSR count). The molecule has 6 heteroatoms. The molecular weight excluding hydrogens is 1040 g/mol. The normalized spacial score (nSPS) is 10.8. The van der Waals surface area contributed by atoms with Gasteiger partial charge in [-0.05, 0) is 123 Å². The van der Waals surface area contributed by atoms with E-state index >= 15 is 0 Å². The summed E-state index contributed by atoms with van der Waals surface area (Å²) < 4.78 is 0. The van der Waals surface area contributed by atoms with Gasteiger partial charge in [-0.3, -0.25) is 4.85 Å². The van der Waals surface area contributed by atoms with Crippen molar-refractivity contribution in [3.63, 3.8) is 0 Å². The molecule has 5 nitrogen and oxygen atoms in total. The summed E-state index contributed by atoms with van der Waals surface area (Å²) in [5.41, 5.74) is 22.6. The van der Waals surface area contributed by atoms with E-state index in [2.05, 4.69) is 170 Å². The van der Waals surface area contributed by atoms with Crippen molar-refractivity contribution in [2.45, 2.75) is 39.5 Å². The third-order valence-electron chi connectivity index (χ3n) is 13.0. The van der Waals surface area contributed by atoms with Gasteiger partial charge < -0.3 is 15.0 Å². The van der Waals surface area contributed by atoms with Crippen molar-refractivity contribution in [3.8, 4) is 84.3 Å². The van der Waals surface area contributed by atoms with Crippen LogP contribution in [0.25, 0.3) is 83.1 Å². The first-order valence-corrected chi connectivity index (χ1v) is 23.5. The quantitative estimate of drug-likeness (QED) is 0.108. The molecule has 0 saturated heterocycles. The Balaban J connectivity index is 0.00000624. The molecule has 71 heavy (non-hydrogen) atoms.